The zero-order valence-electron chi connectivity index (χ0n) is 12.2. The molecule has 0 aliphatic carbocycles. The van der Waals surface area contributed by atoms with Gasteiger partial charge in [-0.2, -0.15) is 0 Å². The van der Waals surface area contributed by atoms with Crippen molar-refractivity contribution in [3.05, 3.63) is 42.0 Å². The minimum atomic E-state index is -1.33. The number of hydrogen-bond donors (Lipinski definition) is 1. The number of fused-ring (bicyclic) bond motifs is 2. The Morgan fingerprint density at radius 3 is 2.43 bits per heavy atom. The van der Waals surface area contributed by atoms with Gasteiger partial charge in [0.1, 0.15) is 0 Å². The lowest BCUT2D eigenvalue weighted by atomic mass is 9.82. The Hall–Kier alpha value is -2.67. The van der Waals surface area contributed by atoms with Gasteiger partial charge in [-0.05, 0) is 12.1 Å². The molecular formula is C16H14NO6-. The highest BCUT2D eigenvalue weighted by Gasteiger charge is 2.50. The van der Waals surface area contributed by atoms with E-state index in [0.717, 1.165) is 0 Å². The van der Waals surface area contributed by atoms with Crippen molar-refractivity contribution in [2.45, 2.75) is 12.2 Å². The fourth-order valence-corrected chi connectivity index (χ4v) is 3.00. The van der Waals surface area contributed by atoms with Crippen molar-refractivity contribution in [2.75, 3.05) is 12.4 Å². The predicted molar refractivity (Wildman–Crippen MR) is 76.2 cm³/mol. The van der Waals surface area contributed by atoms with E-state index in [1.54, 1.807) is 30.4 Å². The van der Waals surface area contributed by atoms with Gasteiger partial charge in [-0.25, -0.2) is 4.79 Å². The van der Waals surface area contributed by atoms with Crippen LogP contribution in [-0.2, 0) is 19.1 Å². The van der Waals surface area contributed by atoms with E-state index in [9.17, 15) is 19.5 Å². The number of carboxylic acid groups (broad SMARTS) is 1. The van der Waals surface area contributed by atoms with Crippen LogP contribution >= 0.6 is 0 Å². The SMILES string of the molecule is COC(=O)c1ccccc1NC(=O)[C@@H]1[C@@H](C(=O)[O-])[C@@H]2C=C[C@H]1O2. The molecule has 2 heterocycles. The summed E-state index contributed by atoms with van der Waals surface area (Å²) in [5.74, 6) is -4.41. The molecule has 7 nitrogen and oxygen atoms in total. The summed E-state index contributed by atoms with van der Waals surface area (Å²) in [6.45, 7) is 0. The Bertz CT molecular complexity index is 698. The number of ether oxygens (including phenoxy) is 2. The molecule has 0 radical (unpaired) electrons. The lowest BCUT2D eigenvalue weighted by molar-refractivity contribution is -0.313. The number of carbonyl (C=O) groups is 3. The van der Waals surface area contributed by atoms with Crippen molar-refractivity contribution in [1.82, 2.24) is 0 Å². The van der Waals surface area contributed by atoms with Crippen LogP contribution in [0, 0.1) is 11.8 Å². The smallest absolute Gasteiger partial charge is 0.339 e. The summed E-state index contributed by atoms with van der Waals surface area (Å²) in [7, 11) is 1.24. The molecule has 1 aromatic carbocycles. The topological polar surface area (TPSA) is 105 Å². The van der Waals surface area contributed by atoms with Crippen molar-refractivity contribution in [2.24, 2.45) is 11.8 Å². The van der Waals surface area contributed by atoms with Gasteiger partial charge < -0.3 is 24.7 Å². The number of benzene rings is 1. The molecule has 3 rings (SSSR count). The van der Waals surface area contributed by atoms with Crippen LogP contribution in [0.4, 0.5) is 5.69 Å². The average Bonchev–Trinajstić information content (AvgIpc) is 3.15. The number of aliphatic carboxylic acids is 1. The van der Waals surface area contributed by atoms with Crippen molar-refractivity contribution >= 4 is 23.5 Å². The highest BCUT2D eigenvalue weighted by atomic mass is 16.5. The number of methoxy groups -OCH3 is 1. The molecule has 1 amide bonds. The molecule has 7 heteroatoms. The molecule has 2 bridgehead atoms. The normalized spacial score (nSPS) is 27.7. The van der Waals surface area contributed by atoms with Gasteiger partial charge in [0.25, 0.3) is 0 Å². The maximum Gasteiger partial charge on any atom is 0.339 e. The van der Waals surface area contributed by atoms with E-state index in [2.05, 4.69) is 10.1 Å². The second kappa shape index (κ2) is 5.85. The number of anilines is 1. The fraction of sp³-hybridized carbons (Fsp3) is 0.312. The van der Waals surface area contributed by atoms with Crippen LogP contribution in [-0.4, -0.2) is 37.2 Å². The summed E-state index contributed by atoms with van der Waals surface area (Å²) in [5, 5.41) is 13.9. The average molecular weight is 316 g/mol. The quantitative estimate of drug-likeness (QED) is 0.606. The number of carboxylic acids is 1. The number of hydrogen-bond acceptors (Lipinski definition) is 6. The molecule has 0 unspecified atom stereocenters. The molecule has 1 N–H and O–H groups in total. The van der Waals surface area contributed by atoms with E-state index in [-0.39, 0.29) is 11.3 Å². The number of para-hydroxylation sites is 1. The predicted octanol–water partition coefficient (Wildman–Crippen LogP) is -0.269. The Kier molecular flexibility index (Phi) is 3.87. The van der Waals surface area contributed by atoms with Crippen LogP contribution in [0.3, 0.4) is 0 Å². The van der Waals surface area contributed by atoms with Gasteiger partial charge >= 0.3 is 5.97 Å². The van der Waals surface area contributed by atoms with Gasteiger partial charge in [-0.3, -0.25) is 4.79 Å². The molecule has 0 saturated carbocycles. The zero-order chi connectivity index (χ0) is 16.6. The van der Waals surface area contributed by atoms with Crippen molar-refractivity contribution in [1.29, 1.82) is 0 Å². The summed E-state index contributed by atoms with van der Waals surface area (Å²) in [6.07, 6.45) is 2.03. The zero-order valence-corrected chi connectivity index (χ0v) is 12.2. The van der Waals surface area contributed by atoms with E-state index < -0.39 is 41.9 Å². The highest BCUT2D eigenvalue weighted by molar-refractivity contribution is 6.03. The van der Waals surface area contributed by atoms with Gasteiger partial charge in [0.05, 0.1) is 36.5 Å². The lowest BCUT2D eigenvalue weighted by Gasteiger charge is -2.25. The molecule has 120 valence electrons. The summed E-state index contributed by atoms with van der Waals surface area (Å²) in [4.78, 5) is 35.5. The minimum Gasteiger partial charge on any atom is -0.550 e. The second-order valence-electron chi connectivity index (χ2n) is 5.35. The van der Waals surface area contributed by atoms with Crippen molar-refractivity contribution in [3.63, 3.8) is 0 Å². The van der Waals surface area contributed by atoms with Crippen LogP contribution < -0.4 is 10.4 Å². The molecule has 0 aromatic heterocycles. The first-order valence-corrected chi connectivity index (χ1v) is 7.05. The van der Waals surface area contributed by atoms with Crippen LogP contribution in [0.1, 0.15) is 10.4 Å². The van der Waals surface area contributed by atoms with Gasteiger partial charge in [-0.15, -0.1) is 0 Å². The highest BCUT2D eigenvalue weighted by Crippen LogP contribution is 2.39. The largest absolute Gasteiger partial charge is 0.550 e. The van der Waals surface area contributed by atoms with Gasteiger partial charge in [0, 0.05) is 11.9 Å². The summed E-state index contributed by atoms with van der Waals surface area (Å²) >= 11 is 0. The monoisotopic (exact) mass is 316 g/mol. The molecule has 23 heavy (non-hydrogen) atoms. The third-order valence-electron chi connectivity index (χ3n) is 4.06. The summed E-state index contributed by atoms with van der Waals surface area (Å²) in [6, 6.07) is 6.34. The molecule has 2 aliphatic rings. The first-order valence-electron chi connectivity index (χ1n) is 7.05. The molecule has 1 aromatic rings. The van der Waals surface area contributed by atoms with E-state index in [4.69, 9.17) is 4.74 Å². The molecular weight excluding hydrogens is 302 g/mol. The maximum absolute atomic E-state index is 12.5. The number of carbonyl (C=O) groups excluding carboxylic acids is 3. The van der Waals surface area contributed by atoms with Crippen LogP contribution in [0.25, 0.3) is 0 Å². The minimum absolute atomic E-state index is 0.188. The molecule has 1 saturated heterocycles. The molecule has 1 fully saturated rings. The van der Waals surface area contributed by atoms with Crippen LogP contribution in [0.15, 0.2) is 36.4 Å². The standard InChI is InChI=1S/C16H15NO6/c1-22-16(21)8-4-2-3-5-9(8)17-14(18)12-10-6-7-11(23-10)13(12)15(19)20/h2-7,10-13H,1H3,(H,17,18)(H,19,20)/p-1/t10-,11+,12+,13+/m1/s1. The first kappa shape index (κ1) is 15.2. The number of rotatable bonds is 4. The third kappa shape index (κ3) is 2.59. The molecule has 0 spiro atoms. The van der Waals surface area contributed by atoms with E-state index >= 15 is 0 Å². The number of esters is 1. The van der Waals surface area contributed by atoms with Crippen molar-refractivity contribution < 1.29 is 29.0 Å². The number of nitrogens with one attached hydrogen (secondary N) is 1. The summed E-state index contributed by atoms with van der Waals surface area (Å²) < 4.78 is 10.1. The Morgan fingerprint density at radius 1 is 1.13 bits per heavy atom. The molecule has 4 atom stereocenters. The molecule has 2 aliphatic heterocycles. The maximum atomic E-state index is 12.5. The van der Waals surface area contributed by atoms with Gasteiger partial charge in [-0.1, -0.05) is 24.3 Å². The first-order chi connectivity index (χ1) is 11.0. The van der Waals surface area contributed by atoms with Gasteiger partial charge in [0.15, 0.2) is 0 Å². The van der Waals surface area contributed by atoms with Crippen molar-refractivity contribution in [3.8, 4) is 0 Å². The van der Waals surface area contributed by atoms with E-state index in [1.807, 2.05) is 0 Å². The Morgan fingerprint density at radius 2 is 1.78 bits per heavy atom. The van der Waals surface area contributed by atoms with E-state index in [1.165, 1.54) is 13.2 Å². The van der Waals surface area contributed by atoms with E-state index in [0.29, 0.717) is 0 Å². The second-order valence-corrected chi connectivity index (χ2v) is 5.35. The lowest BCUT2D eigenvalue weighted by Crippen LogP contribution is -2.45. The van der Waals surface area contributed by atoms with Crippen LogP contribution in [0.5, 0.6) is 0 Å². The Labute approximate surface area is 131 Å². The van der Waals surface area contributed by atoms with Gasteiger partial charge in [0.2, 0.25) is 5.91 Å². The third-order valence-corrected chi connectivity index (χ3v) is 4.06. The fourth-order valence-electron chi connectivity index (χ4n) is 3.00. The van der Waals surface area contributed by atoms with Crippen LogP contribution in [0.2, 0.25) is 0 Å². The summed E-state index contributed by atoms with van der Waals surface area (Å²) in [5.41, 5.74) is 0.446. The Balaban J connectivity index is 1.84. The number of amides is 1.